The second kappa shape index (κ2) is 11.4. The van der Waals surface area contributed by atoms with E-state index < -0.39 is 24.0 Å². The minimum absolute atomic E-state index is 0.0496. The van der Waals surface area contributed by atoms with Gasteiger partial charge in [0.15, 0.2) is 0 Å². The number of carbonyl (C=O) groups is 3. The summed E-state index contributed by atoms with van der Waals surface area (Å²) in [7, 11) is 0. The molecule has 7 nitrogen and oxygen atoms in total. The molecule has 1 saturated carbocycles. The predicted octanol–water partition coefficient (Wildman–Crippen LogP) is 4.70. The van der Waals surface area contributed by atoms with Crippen molar-refractivity contribution in [1.29, 1.82) is 0 Å². The normalized spacial score (nSPS) is 19.5. The fourth-order valence-corrected chi connectivity index (χ4v) is 5.42. The SMILES string of the molecule is CCCCC(NC(=O)OCC1c2ccccc2-c2ccccc21)C(=O)NCC1CCCC1C(=O)O. The molecular formula is C28H34N2O5. The fraction of sp³-hybridized carbons (Fsp3) is 0.464. The Balaban J connectivity index is 1.35. The van der Waals surface area contributed by atoms with Crippen molar-refractivity contribution in [3.63, 3.8) is 0 Å². The van der Waals surface area contributed by atoms with Crippen molar-refractivity contribution in [2.45, 2.75) is 57.4 Å². The van der Waals surface area contributed by atoms with Gasteiger partial charge < -0.3 is 20.5 Å². The minimum atomic E-state index is -0.805. The molecule has 3 N–H and O–H groups in total. The van der Waals surface area contributed by atoms with Gasteiger partial charge in [0.25, 0.3) is 0 Å². The molecule has 4 rings (SSSR count). The zero-order valence-electron chi connectivity index (χ0n) is 20.2. The lowest BCUT2D eigenvalue weighted by molar-refractivity contribution is -0.143. The van der Waals surface area contributed by atoms with Crippen LogP contribution in [0.5, 0.6) is 0 Å². The van der Waals surface area contributed by atoms with Gasteiger partial charge in [-0.3, -0.25) is 9.59 Å². The number of carboxylic acids is 1. The van der Waals surface area contributed by atoms with Gasteiger partial charge in [-0.1, -0.05) is 74.7 Å². The van der Waals surface area contributed by atoms with Crippen LogP contribution in [0, 0.1) is 11.8 Å². The monoisotopic (exact) mass is 478 g/mol. The summed E-state index contributed by atoms with van der Waals surface area (Å²) >= 11 is 0. The topological polar surface area (TPSA) is 105 Å². The molecule has 0 aliphatic heterocycles. The summed E-state index contributed by atoms with van der Waals surface area (Å²) in [6.45, 7) is 2.52. The summed E-state index contributed by atoms with van der Waals surface area (Å²) in [5.41, 5.74) is 4.57. The number of nitrogens with one attached hydrogen (secondary N) is 2. The van der Waals surface area contributed by atoms with Gasteiger partial charge in [-0.2, -0.15) is 0 Å². The van der Waals surface area contributed by atoms with Crippen LogP contribution < -0.4 is 10.6 Å². The van der Waals surface area contributed by atoms with Crippen LogP contribution in [0.2, 0.25) is 0 Å². The molecule has 0 bridgehead atoms. The number of hydrogen-bond acceptors (Lipinski definition) is 4. The van der Waals surface area contributed by atoms with Crippen molar-refractivity contribution < 1.29 is 24.2 Å². The van der Waals surface area contributed by atoms with Crippen LogP contribution in [0.3, 0.4) is 0 Å². The Bertz CT molecular complexity index is 1020. The van der Waals surface area contributed by atoms with E-state index in [0.29, 0.717) is 19.4 Å². The van der Waals surface area contributed by atoms with Crippen molar-refractivity contribution in [3.05, 3.63) is 59.7 Å². The molecule has 1 fully saturated rings. The first kappa shape index (κ1) is 24.8. The minimum Gasteiger partial charge on any atom is -0.481 e. The highest BCUT2D eigenvalue weighted by molar-refractivity contribution is 5.86. The van der Waals surface area contributed by atoms with Crippen LogP contribution >= 0.6 is 0 Å². The molecular weight excluding hydrogens is 444 g/mol. The number of carbonyl (C=O) groups excluding carboxylic acids is 2. The molecule has 186 valence electrons. The Hall–Kier alpha value is -3.35. The Morgan fingerprint density at radius 2 is 1.69 bits per heavy atom. The number of amides is 2. The van der Waals surface area contributed by atoms with E-state index in [4.69, 9.17) is 4.74 Å². The van der Waals surface area contributed by atoms with Crippen molar-refractivity contribution in [2.24, 2.45) is 11.8 Å². The van der Waals surface area contributed by atoms with Gasteiger partial charge in [-0.25, -0.2) is 4.79 Å². The number of fused-ring (bicyclic) bond motifs is 3. The number of alkyl carbamates (subject to hydrolysis) is 1. The first-order valence-electron chi connectivity index (χ1n) is 12.6. The highest BCUT2D eigenvalue weighted by Crippen LogP contribution is 2.44. The summed E-state index contributed by atoms with van der Waals surface area (Å²) in [4.78, 5) is 37.0. The lowest BCUT2D eigenvalue weighted by Gasteiger charge is -2.21. The first-order chi connectivity index (χ1) is 17.0. The third-order valence-corrected chi connectivity index (χ3v) is 7.31. The molecule has 7 heteroatoms. The number of carboxylic acid groups (broad SMARTS) is 1. The largest absolute Gasteiger partial charge is 0.481 e. The lowest BCUT2D eigenvalue weighted by Crippen LogP contribution is -2.48. The van der Waals surface area contributed by atoms with Gasteiger partial charge in [0.2, 0.25) is 5.91 Å². The van der Waals surface area contributed by atoms with Gasteiger partial charge in [0.05, 0.1) is 5.92 Å². The van der Waals surface area contributed by atoms with Gasteiger partial charge in [0, 0.05) is 12.5 Å². The standard InChI is InChI=1S/C28H34N2O5/c1-2-3-15-25(26(31)29-16-18-9-8-14-19(18)27(32)33)30-28(34)35-17-24-22-12-6-4-10-20(22)21-11-5-7-13-23(21)24/h4-7,10-13,18-19,24-25H,2-3,8-9,14-17H2,1H3,(H,29,31)(H,30,34)(H,32,33). The maximum Gasteiger partial charge on any atom is 0.407 e. The average molecular weight is 479 g/mol. The number of unbranched alkanes of at least 4 members (excludes halogenated alkanes) is 1. The molecule has 0 spiro atoms. The smallest absolute Gasteiger partial charge is 0.407 e. The molecule has 2 amide bonds. The van der Waals surface area contributed by atoms with E-state index >= 15 is 0 Å². The molecule has 2 aromatic carbocycles. The van der Waals surface area contributed by atoms with E-state index in [0.717, 1.165) is 47.9 Å². The number of hydrogen-bond donors (Lipinski definition) is 3. The zero-order valence-corrected chi connectivity index (χ0v) is 20.2. The molecule has 0 radical (unpaired) electrons. The molecule has 2 aromatic rings. The van der Waals surface area contributed by atoms with Crippen molar-refractivity contribution >= 4 is 18.0 Å². The van der Waals surface area contributed by atoms with E-state index in [9.17, 15) is 19.5 Å². The van der Waals surface area contributed by atoms with Crippen molar-refractivity contribution in [2.75, 3.05) is 13.2 Å². The third kappa shape index (κ3) is 5.66. The molecule has 0 aromatic heterocycles. The van der Waals surface area contributed by atoms with E-state index in [-0.39, 0.29) is 24.3 Å². The molecule has 0 saturated heterocycles. The quantitative estimate of drug-likeness (QED) is 0.459. The fourth-order valence-electron chi connectivity index (χ4n) is 5.42. The van der Waals surface area contributed by atoms with Gasteiger partial charge in [0.1, 0.15) is 12.6 Å². The summed E-state index contributed by atoms with van der Waals surface area (Å²) in [5, 5.41) is 15.0. The van der Waals surface area contributed by atoms with Crippen LogP contribution in [0.25, 0.3) is 11.1 Å². The van der Waals surface area contributed by atoms with Gasteiger partial charge in [-0.15, -0.1) is 0 Å². The summed E-state index contributed by atoms with van der Waals surface area (Å²) < 4.78 is 5.62. The number of ether oxygens (including phenoxy) is 1. The zero-order chi connectivity index (χ0) is 24.8. The van der Waals surface area contributed by atoms with Crippen LogP contribution in [0.4, 0.5) is 4.79 Å². The van der Waals surface area contributed by atoms with Crippen LogP contribution in [-0.2, 0) is 14.3 Å². The highest BCUT2D eigenvalue weighted by Gasteiger charge is 2.34. The molecule has 0 heterocycles. The Labute approximate surface area is 206 Å². The second-order valence-electron chi connectivity index (χ2n) is 9.55. The van der Waals surface area contributed by atoms with Crippen LogP contribution in [-0.4, -0.2) is 42.3 Å². The van der Waals surface area contributed by atoms with Crippen molar-refractivity contribution in [1.82, 2.24) is 10.6 Å². The predicted molar refractivity (Wildman–Crippen MR) is 133 cm³/mol. The molecule has 35 heavy (non-hydrogen) atoms. The van der Waals surface area contributed by atoms with Gasteiger partial charge >= 0.3 is 12.1 Å². The molecule has 3 unspecified atom stereocenters. The van der Waals surface area contributed by atoms with Crippen molar-refractivity contribution in [3.8, 4) is 11.1 Å². The average Bonchev–Trinajstić information content (AvgIpc) is 3.47. The van der Waals surface area contributed by atoms with E-state index in [1.165, 1.54) is 0 Å². The summed E-state index contributed by atoms with van der Waals surface area (Å²) in [6, 6.07) is 15.6. The van der Waals surface area contributed by atoms with E-state index in [2.05, 4.69) is 34.9 Å². The van der Waals surface area contributed by atoms with E-state index in [1.807, 2.05) is 31.2 Å². The number of aliphatic carboxylic acids is 1. The molecule has 2 aliphatic carbocycles. The molecule has 3 atom stereocenters. The summed E-state index contributed by atoms with van der Waals surface area (Å²) in [5.74, 6) is -1.63. The molecule has 2 aliphatic rings. The Kier molecular flexibility index (Phi) is 8.06. The highest BCUT2D eigenvalue weighted by atomic mass is 16.5. The first-order valence-corrected chi connectivity index (χ1v) is 12.6. The Morgan fingerprint density at radius 3 is 2.31 bits per heavy atom. The number of benzene rings is 2. The lowest BCUT2D eigenvalue weighted by atomic mass is 9.96. The maximum absolute atomic E-state index is 12.9. The maximum atomic E-state index is 12.9. The van der Waals surface area contributed by atoms with Crippen LogP contribution in [0.1, 0.15) is 62.5 Å². The van der Waals surface area contributed by atoms with Crippen LogP contribution in [0.15, 0.2) is 48.5 Å². The van der Waals surface area contributed by atoms with E-state index in [1.54, 1.807) is 0 Å². The third-order valence-electron chi connectivity index (χ3n) is 7.31. The Morgan fingerprint density at radius 1 is 1.03 bits per heavy atom. The van der Waals surface area contributed by atoms with Gasteiger partial charge in [-0.05, 0) is 47.4 Å². The summed E-state index contributed by atoms with van der Waals surface area (Å²) in [6.07, 6.45) is 3.84. The number of rotatable bonds is 10. The second-order valence-corrected chi connectivity index (χ2v) is 9.55.